The number of benzene rings is 1. The van der Waals surface area contributed by atoms with E-state index in [1.165, 1.54) is 31.4 Å². The number of rotatable bonds is 10. The highest BCUT2D eigenvalue weighted by Crippen LogP contribution is 2.42. The van der Waals surface area contributed by atoms with Crippen LogP contribution in [0, 0.1) is 35.4 Å². The second-order valence-electron chi connectivity index (χ2n) is 12.6. The summed E-state index contributed by atoms with van der Waals surface area (Å²) < 4.78 is 24.9. The zero-order valence-electron chi connectivity index (χ0n) is 23.4. The van der Waals surface area contributed by atoms with Crippen LogP contribution in [-0.4, -0.2) is 61.6 Å². The Morgan fingerprint density at radius 3 is 2.13 bits per heavy atom. The van der Waals surface area contributed by atoms with Gasteiger partial charge in [0.2, 0.25) is 5.91 Å². The molecule has 39 heavy (non-hydrogen) atoms. The van der Waals surface area contributed by atoms with Crippen LogP contribution in [0.3, 0.4) is 0 Å². The van der Waals surface area contributed by atoms with Gasteiger partial charge in [0.25, 0.3) is 0 Å². The largest absolute Gasteiger partial charge is 0.379 e. The molecule has 7 heteroatoms. The predicted molar refractivity (Wildman–Crippen MR) is 149 cm³/mol. The zero-order chi connectivity index (χ0) is 27.2. The molecular formula is C32H47FN2O4. The van der Waals surface area contributed by atoms with E-state index in [0.29, 0.717) is 29.4 Å². The molecule has 1 aromatic rings. The minimum Gasteiger partial charge on any atom is -0.379 e. The van der Waals surface area contributed by atoms with Gasteiger partial charge in [0.1, 0.15) is 5.82 Å². The van der Waals surface area contributed by atoms with E-state index < -0.39 is 0 Å². The van der Waals surface area contributed by atoms with Gasteiger partial charge >= 0.3 is 0 Å². The minimum absolute atomic E-state index is 0.0133. The fourth-order valence-corrected chi connectivity index (χ4v) is 7.80. The number of amides is 1. The second kappa shape index (κ2) is 13.7. The molecule has 0 spiro atoms. The number of carbonyl (C=O) groups excluding carboxylic acids is 2. The maximum absolute atomic E-state index is 13.2. The Morgan fingerprint density at radius 1 is 0.897 bits per heavy atom. The molecule has 0 aromatic heterocycles. The number of hydrogen-bond donors (Lipinski definition) is 1. The number of ether oxygens (including phenoxy) is 2. The Labute approximate surface area is 233 Å². The summed E-state index contributed by atoms with van der Waals surface area (Å²) in [4.78, 5) is 27.9. The van der Waals surface area contributed by atoms with Gasteiger partial charge in [-0.15, -0.1) is 0 Å². The van der Waals surface area contributed by atoms with Crippen molar-refractivity contribution in [2.45, 2.75) is 89.3 Å². The van der Waals surface area contributed by atoms with Gasteiger partial charge in [-0.2, -0.15) is 0 Å². The summed E-state index contributed by atoms with van der Waals surface area (Å²) in [6, 6.07) is 5.96. The second-order valence-corrected chi connectivity index (χ2v) is 12.6. The fourth-order valence-electron chi connectivity index (χ4n) is 7.80. The Kier molecular flexibility index (Phi) is 10.1. The van der Waals surface area contributed by atoms with Crippen LogP contribution in [0.1, 0.15) is 87.4 Å². The average molecular weight is 543 g/mol. The van der Waals surface area contributed by atoms with E-state index in [4.69, 9.17) is 15.2 Å². The third kappa shape index (κ3) is 7.68. The maximum atomic E-state index is 13.2. The molecule has 2 saturated heterocycles. The number of likely N-dealkylation sites (tertiary alicyclic amines) is 1. The van der Waals surface area contributed by atoms with Gasteiger partial charge in [0, 0.05) is 24.0 Å². The lowest BCUT2D eigenvalue weighted by Gasteiger charge is -2.40. The molecule has 1 amide bonds. The molecule has 216 valence electrons. The van der Waals surface area contributed by atoms with Gasteiger partial charge in [0.15, 0.2) is 5.78 Å². The van der Waals surface area contributed by atoms with Gasteiger partial charge in [-0.3, -0.25) is 9.59 Å². The third-order valence-corrected chi connectivity index (χ3v) is 10.2. The number of piperidine rings is 1. The van der Waals surface area contributed by atoms with Crippen LogP contribution in [0.5, 0.6) is 0 Å². The Morgan fingerprint density at radius 2 is 1.54 bits per heavy atom. The topological polar surface area (TPSA) is 81.9 Å². The first-order valence-corrected chi connectivity index (χ1v) is 15.5. The highest BCUT2D eigenvalue weighted by Gasteiger charge is 2.39. The highest BCUT2D eigenvalue weighted by atomic mass is 19.1. The van der Waals surface area contributed by atoms with Gasteiger partial charge < -0.3 is 20.1 Å². The molecule has 4 fully saturated rings. The van der Waals surface area contributed by atoms with Crippen molar-refractivity contribution >= 4 is 11.7 Å². The van der Waals surface area contributed by atoms with Gasteiger partial charge in [0.05, 0.1) is 18.8 Å². The standard InChI is InChI=1S/C32H47FN2O4/c33-27-9-5-25(6-10-27)31(36)26-14-18-35(19-15-26)17-13-22-1-3-23(4-2-22)30(32(34)37)24-7-11-28(12-8-24)39-29-16-20-38-21-29/h5-6,9-10,22-24,26,28-30H,1-4,7-8,11-21H2,(H2,34,37). The highest BCUT2D eigenvalue weighted by molar-refractivity contribution is 5.97. The van der Waals surface area contributed by atoms with E-state index in [9.17, 15) is 14.0 Å². The lowest BCUT2D eigenvalue weighted by molar-refractivity contribution is -0.127. The molecule has 2 aliphatic heterocycles. The van der Waals surface area contributed by atoms with Crippen molar-refractivity contribution in [3.8, 4) is 0 Å². The number of carbonyl (C=O) groups is 2. The number of nitrogens with zero attached hydrogens (tertiary/aromatic N) is 1. The molecule has 2 saturated carbocycles. The number of ketones is 1. The summed E-state index contributed by atoms with van der Waals surface area (Å²) in [7, 11) is 0. The van der Waals surface area contributed by atoms with Crippen molar-refractivity contribution in [1.82, 2.24) is 4.90 Å². The number of primary amides is 1. The van der Waals surface area contributed by atoms with Gasteiger partial charge in [-0.1, -0.05) is 12.8 Å². The van der Waals surface area contributed by atoms with Crippen molar-refractivity contribution in [2.75, 3.05) is 32.8 Å². The monoisotopic (exact) mass is 542 g/mol. The molecule has 2 N–H and O–H groups in total. The summed E-state index contributed by atoms with van der Waals surface area (Å²) in [5.74, 6) is 1.37. The molecule has 2 unspecified atom stereocenters. The van der Waals surface area contributed by atoms with Gasteiger partial charge in [-0.05, 0) is 126 Å². The Hall–Kier alpha value is -1.83. The summed E-state index contributed by atoms with van der Waals surface area (Å²) in [5, 5.41) is 0. The van der Waals surface area contributed by atoms with Crippen molar-refractivity contribution in [3.63, 3.8) is 0 Å². The first-order chi connectivity index (χ1) is 19.0. The zero-order valence-corrected chi connectivity index (χ0v) is 23.4. The van der Waals surface area contributed by atoms with Gasteiger partial charge in [-0.25, -0.2) is 4.39 Å². The molecule has 0 bridgehead atoms. The maximum Gasteiger partial charge on any atom is 0.221 e. The summed E-state index contributed by atoms with van der Waals surface area (Å²) in [6.45, 7) is 4.53. The molecule has 5 rings (SSSR count). The van der Waals surface area contributed by atoms with E-state index in [-0.39, 0.29) is 35.4 Å². The lowest BCUT2D eigenvalue weighted by Crippen LogP contribution is -2.40. The van der Waals surface area contributed by atoms with Crippen LogP contribution < -0.4 is 5.73 Å². The number of nitrogens with two attached hydrogens (primary N) is 1. The smallest absolute Gasteiger partial charge is 0.221 e. The van der Waals surface area contributed by atoms with Crippen molar-refractivity contribution in [3.05, 3.63) is 35.6 Å². The van der Waals surface area contributed by atoms with Crippen molar-refractivity contribution < 1.29 is 23.5 Å². The number of hydrogen-bond acceptors (Lipinski definition) is 5. The summed E-state index contributed by atoms with van der Waals surface area (Å²) >= 11 is 0. The molecule has 2 heterocycles. The number of halogens is 1. The average Bonchev–Trinajstić information content (AvgIpc) is 3.47. The molecule has 1 aromatic carbocycles. The Balaban J connectivity index is 1.00. The first-order valence-electron chi connectivity index (χ1n) is 15.5. The quantitative estimate of drug-likeness (QED) is 0.401. The summed E-state index contributed by atoms with van der Waals surface area (Å²) in [6.07, 6.45) is 13.3. The minimum atomic E-state index is -0.302. The molecular weight excluding hydrogens is 495 g/mol. The number of Topliss-reactive ketones (excluding diaryl/α,β-unsaturated/α-hetero) is 1. The van der Waals surface area contributed by atoms with Crippen LogP contribution >= 0.6 is 0 Å². The van der Waals surface area contributed by atoms with E-state index >= 15 is 0 Å². The van der Waals surface area contributed by atoms with E-state index in [2.05, 4.69) is 4.90 Å². The van der Waals surface area contributed by atoms with E-state index in [1.54, 1.807) is 12.1 Å². The van der Waals surface area contributed by atoms with E-state index in [0.717, 1.165) is 90.6 Å². The third-order valence-electron chi connectivity index (χ3n) is 10.2. The molecule has 4 aliphatic rings. The molecule has 0 radical (unpaired) electrons. The van der Waals surface area contributed by atoms with Crippen LogP contribution in [-0.2, 0) is 14.3 Å². The van der Waals surface area contributed by atoms with Crippen molar-refractivity contribution in [2.24, 2.45) is 35.3 Å². The molecule has 2 atom stereocenters. The molecule has 6 nitrogen and oxygen atoms in total. The van der Waals surface area contributed by atoms with Crippen LogP contribution in [0.2, 0.25) is 0 Å². The Bertz CT molecular complexity index is 926. The van der Waals surface area contributed by atoms with Crippen molar-refractivity contribution in [1.29, 1.82) is 0 Å². The van der Waals surface area contributed by atoms with Crippen LogP contribution in [0.25, 0.3) is 0 Å². The summed E-state index contributed by atoms with van der Waals surface area (Å²) in [5.41, 5.74) is 6.62. The normalized spacial score (nSPS) is 31.7. The van der Waals surface area contributed by atoms with E-state index in [1.807, 2.05) is 0 Å². The molecule has 2 aliphatic carbocycles. The van der Waals surface area contributed by atoms with Crippen LogP contribution in [0.4, 0.5) is 4.39 Å². The fraction of sp³-hybridized carbons (Fsp3) is 0.750. The lowest BCUT2D eigenvalue weighted by atomic mass is 9.67. The predicted octanol–water partition coefficient (Wildman–Crippen LogP) is 5.38. The SMILES string of the molecule is NC(=O)C(C1CCC(CCN2CCC(C(=O)c3ccc(F)cc3)CC2)CC1)C1CCC(OC2CCOC2)CC1. The van der Waals surface area contributed by atoms with Crippen LogP contribution in [0.15, 0.2) is 24.3 Å². The first kappa shape index (κ1) is 28.7.